The van der Waals surface area contributed by atoms with Gasteiger partial charge in [-0.2, -0.15) is 0 Å². The Balaban J connectivity index is 0.793. The molecular formula is C80H54N6. The lowest BCUT2D eigenvalue weighted by molar-refractivity contribution is 1.17. The Hall–Kier alpha value is -11.6. The summed E-state index contributed by atoms with van der Waals surface area (Å²) in [5.41, 5.74) is 22.9. The Bertz CT molecular complexity index is 4710. The van der Waals surface area contributed by atoms with E-state index in [1.165, 1.54) is 43.6 Å². The minimum atomic E-state index is 0.807. The Morgan fingerprint density at radius 2 is 0.500 bits per heavy atom. The monoisotopic (exact) mass is 1100 g/mol. The predicted molar refractivity (Wildman–Crippen MR) is 359 cm³/mol. The summed E-state index contributed by atoms with van der Waals surface area (Å²) in [4.78, 5) is 15.6. The van der Waals surface area contributed by atoms with Crippen molar-refractivity contribution in [2.24, 2.45) is 0 Å². The summed E-state index contributed by atoms with van der Waals surface area (Å²) < 4.78 is 4.74. The zero-order valence-electron chi connectivity index (χ0n) is 46.9. The van der Waals surface area contributed by atoms with E-state index < -0.39 is 0 Å². The molecule has 0 bridgehead atoms. The second kappa shape index (κ2) is 21.3. The number of para-hydroxylation sites is 8. The predicted octanol–water partition coefficient (Wildman–Crippen LogP) is 21.4. The van der Waals surface area contributed by atoms with Crippen molar-refractivity contribution in [3.63, 3.8) is 0 Å². The first kappa shape index (κ1) is 50.2. The summed E-state index contributed by atoms with van der Waals surface area (Å²) in [6, 6.07) is 117. The molecule has 0 spiro atoms. The minimum Gasteiger partial charge on any atom is -0.310 e. The Morgan fingerprint density at radius 3 is 0.849 bits per heavy atom. The fourth-order valence-electron chi connectivity index (χ4n) is 12.8. The van der Waals surface area contributed by atoms with Crippen molar-refractivity contribution in [1.82, 2.24) is 19.1 Å². The minimum absolute atomic E-state index is 0.807. The maximum atomic E-state index is 5.42. The van der Waals surface area contributed by atoms with Crippen LogP contribution in [0, 0.1) is 0 Å². The molecule has 0 aliphatic carbocycles. The van der Waals surface area contributed by atoms with Gasteiger partial charge in [0.15, 0.2) is 0 Å². The van der Waals surface area contributed by atoms with Crippen LogP contribution in [0.3, 0.4) is 0 Å². The molecule has 0 unspecified atom stereocenters. The molecule has 6 heteroatoms. The van der Waals surface area contributed by atoms with Crippen LogP contribution in [0.4, 0.5) is 34.1 Å². The van der Waals surface area contributed by atoms with Gasteiger partial charge in [-0.15, -0.1) is 0 Å². The van der Waals surface area contributed by atoms with Crippen LogP contribution in [0.25, 0.3) is 111 Å². The van der Waals surface area contributed by atoms with Crippen molar-refractivity contribution in [2.45, 2.75) is 0 Å². The lowest BCUT2D eigenvalue weighted by Gasteiger charge is -2.28. The maximum absolute atomic E-state index is 5.42. The van der Waals surface area contributed by atoms with Crippen molar-refractivity contribution < 1.29 is 0 Å². The molecule has 86 heavy (non-hydrogen) atoms. The van der Waals surface area contributed by atoms with E-state index in [0.29, 0.717) is 0 Å². The van der Waals surface area contributed by atoms with E-state index in [1.807, 2.05) is 24.3 Å². The second-order valence-corrected chi connectivity index (χ2v) is 21.7. The summed E-state index contributed by atoms with van der Waals surface area (Å²) in [5.74, 6) is 0. The van der Waals surface area contributed by atoms with E-state index in [2.05, 4.69) is 322 Å². The van der Waals surface area contributed by atoms with Gasteiger partial charge >= 0.3 is 0 Å². The van der Waals surface area contributed by atoms with Crippen molar-refractivity contribution in [2.75, 3.05) is 9.80 Å². The Labute approximate surface area is 498 Å². The van der Waals surface area contributed by atoms with Crippen LogP contribution in [0.15, 0.2) is 328 Å². The molecule has 0 saturated carbocycles. The number of rotatable bonds is 12. The first-order valence-electron chi connectivity index (χ1n) is 29.2. The summed E-state index contributed by atoms with van der Waals surface area (Å²) in [5, 5.41) is 4.96. The summed E-state index contributed by atoms with van der Waals surface area (Å²) >= 11 is 0. The summed E-state index contributed by atoms with van der Waals surface area (Å²) in [6.07, 6.45) is 0. The van der Waals surface area contributed by atoms with Crippen molar-refractivity contribution in [1.29, 1.82) is 0 Å². The van der Waals surface area contributed by atoms with Crippen LogP contribution in [0.2, 0.25) is 0 Å². The van der Waals surface area contributed by atoms with Gasteiger partial charge < -0.3 is 18.9 Å². The van der Waals surface area contributed by atoms with Crippen LogP contribution in [0.1, 0.15) is 0 Å². The fourth-order valence-corrected chi connectivity index (χ4v) is 12.8. The Morgan fingerprint density at radius 1 is 0.221 bits per heavy atom. The first-order chi connectivity index (χ1) is 42.7. The highest BCUT2D eigenvalue weighted by atomic mass is 15.2. The molecule has 0 N–H and O–H groups in total. The zero-order valence-corrected chi connectivity index (χ0v) is 46.9. The van der Waals surface area contributed by atoms with Gasteiger partial charge in [-0.1, -0.05) is 206 Å². The summed E-state index contributed by atoms with van der Waals surface area (Å²) in [7, 11) is 0. The Kier molecular flexibility index (Phi) is 12.4. The number of anilines is 6. The third-order valence-corrected chi connectivity index (χ3v) is 16.7. The van der Waals surface area contributed by atoms with Crippen LogP contribution >= 0.6 is 0 Å². The number of aromatic nitrogens is 4. The lowest BCUT2D eigenvalue weighted by Crippen LogP contribution is -2.11. The van der Waals surface area contributed by atoms with E-state index >= 15 is 0 Å². The molecule has 0 saturated heterocycles. The van der Waals surface area contributed by atoms with Gasteiger partial charge in [-0.25, -0.2) is 9.97 Å². The van der Waals surface area contributed by atoms with Crippen molar-refractivity contribution >= 4 is 88.8 Å². The van der Waals surface area contributed by atoms with E-state index in [1.54, 1.807) is 0 Å². The van der Waals surface area contributed by atoms with Crippen LogP contribution in [-0.2, 0) is 0 Å². The highest BCUT2D eigenvalue weighted by molar-refractivity contribution is 6.10. The highest BCUT2D eigenvalue weighted by Crippen LogP contribution is 2.45. The SMILES string of the molecule is c1ccc(-c2ccccc2N(c2ccc(-c3nc4ccccc4nc3-c3ccc(N(c4ccc(-n5c6ccccc6c6ccccc65)cc4)c4ccccc4-c4ccccc4)cc3)cc2)c2ccc(-n3c4ccccc4c4ccccc43)cc2)cc1. The largest absolute Gasteiger partial charge is 0.310 e. The topological polar surface area (TPSA) is 42.1 Å². The maximum Gasteiger partial charge on any atom is 0.0973 e. The van der Waals surface area contributed by atoms with Gasteiger partial charge in [0.1, 0.15) is 0 Å². The number of fused-ring (bicyclic) bond motifs is 7. The van der Waals surface area contributed by atoms with Gasteiger partial charge in [0.2, 0.25) is 0 Å². The molecule has 0 radical (unpaired) electrons. The molecule has 3 aromatic heterocycles. The molecule has 0 fully saturated rings. The van der Waals surface area contributed by atoms with Crippen LogP contribution in [0.5, 0.6) is 0 Å². The second-order valence-electron chi connectivity index (χ2n) is 21.7. The molecule has 16 rings (SSSR count). The van der Waals surface area contributed by atoms with Crippen LogP contribution < -0.4 is 9.80 Å². The zero-order chi connectivity index (χ0) is 56.9. The van der Waals surface area contributed by atoms with Gasteiger partial charge in [-0.05, 0) is 132 Å². The van der Waals surface area contributed by atoms with Gasteiger partial charge in [-0.3, -0.25) is 0 Å². The molecule has 0 aliphatic rings. The normalized spacial score (nSPS) is 11.5. The smallest absolute Gasteiger partial charge is 0.0973 e. The third-order valence-electron chi connectivity index (χ3n) is 16.7. The van der Waals surface area contributed by atoms with E-state index in [9.17, 15) is 0 Å². The first-order valence-corrected chi connectivity index (χ1v) is 29.2. The molecule has 0 atom stereocenters. The molecule has 6 nitrogen and oxygen atoms in total. The van der Waals surface area contributed by atoms with Crippen molar-refractivity contribution in [3.05, 3.63) is 328 Å². The number of benzene rings is 13. The quantitative estimate of drug-likeness (QED) is 0.122. The molecule has 0 amide bonds. The van der Waals surface area contributed by atoms with Gasteiger partial charge in [0, 0.05) is 77.9 Å². The molecule has 404 valence electrons. The van der Waals surface area contributed by atoms with E-state index in [0.717, 1.165) is 101 Å². The molecule has 16 aromatic rings. The average Bonchev–Trinajstić information content (AvgIpc) is 3.50. The van der Waals surface area contributed by atoms with Gasteiger partial charge in [0.05, 0.1) is 55.9 Å². The van der Waals surface area contributed by atoms with Crippen molar-refractivity contribution in [3.8, 4) is 56.1 Å². The molecule has 13 aromatic carbocycles. The number of hydrogen-bond acceptors (Lipinski definition) is 4. The molecular weight excluding hydrogens is 1040 g/mol. The van der Waals surface area contributed by atoms with Crippen LogP contribution in [-0.4, -0.2) is 19.1 Å². The highest BCUT2D eigenvalue weighted by Gasteiger charge is 2.23. The standard InChI is InChI=1S/C80H54N6/c1-3-21-55(22-4-1)65-25-7-15-33-73(65)83(61-47-51-63(52-48-61)85-75-35-17-9-27-67(75)68-28-10-18-36-76(68)85)59-43-39-57(40-44-59)79-80(82-72-32-14-13-31-71(72)81-79)58-41-45-60(46-42-58)84(74-34-16-8-26-66(74)56-23-5-2-6-24-56)62-49-53-64(54-50-62)86-77-37-19-11-29-69(77)70-30-12-20-38-78(70)86/h1-54H. The molecule has 3 heterocycles. The fraction of sp³-hybridized carbons (Fsp3) is 0. The lowest BCUT2D eigenvalue weighted by atomic mass is 10.00. The number of hydrogen-bond donors (Lipinski definition) is 0. The number of nitrogens with zero attached hydrogens (tertiary/aromatic N) is 6. The van der Waals surface area contributed by atoms with E-state index in [-0.39, 0.29) is 0 Å². The third kappa shape index (κ3) is 8.75. The molecule has 0 aliphatic heterocycles. The van der Waals surface area contributed by atoms with E-state index in [4.69, 9.17) is 9.97 Å². The van der Waals surface area contributed by atoms with Gasteiger partial charge in [0.25, 0.3) is 0 Å². The average molecular weight is 1100 g/mol. The summed E-state index contributed by atoms with van der Waals surface area (Å²) in [6.45, 7) is 0.